The summed E-state index contributed by atoms with van der Waals surface area (Å²) in [5, 5.41) is 7.68. The molecular weight excluding hydrogens is 420 g/mol. The Bertz CT molecular complexity index is 1480. The summed E-state index contributed by atoms with van der Waals surface area (Å²) in [6.07, 6.45) is 1.56. The Balaban J connectivity index is 0.00000117. The highest BCUT2D eigenvalue weighted by Gasteiger charge is 2.30. The number of benzene rings is 4. The van der Waals surface area contributed by atoms with Crippen LogP contribution in [0.25, 0.3) is 22.2 Å². The molecule has 0 bridgehead atoms. The zero-order valence-electron chi connectivity index (χ0n) is 19.0. The van der Waals surface area contributed by atoms with Gasteiger partial charge in [-0.15, -0.1) is 0 Å². The van der Waals surface area contributed by atoms with Gasteiger partial charge in [0.25, 0.3) is 0 Å². The largest absolute Gasteiger partial charge is 0.355 e. The Morgan fingerprint density at radius 1 is 0.647 bits per heavy atom. The number of nitrogens with zero attached hydrogens (tertiary/aromatic N) is 2. The highest BCUT2D eigenvalue weighted by atomic mass is 16.1. The number of anilines is 4. The maximum absolute atomic E-state index is 13.7. The molecule has 5 aromatic rings. The van der Waals surface area contributed by atoms with E-state index < -0.39 is 0 Å². The molecule has 0 radical (unpaired) electrons. The smallest absolute Gasteiger partial charge is 0.196 e. The minimum atomic E-state index is -0.0300. The van der Waals surface area contributed by atoms with Gasteiger partial charge in [0.2, 0.25) is 0 Å². The van der Waals surface area contributed by atoms with Crippen LogP contribution < -0.4 is 10.6 Å². The average molecular weight is 445 g/mol. The first kappa shape index (κ1) is 21.3. The predicted molar refractivity (Wildman–Crippen MR) is 139 cm³/mol. The molecule has 2 N–H and O–H groups in total. The molecule has 0 saturated heterocycles. The van der Waals surface area contributed by atoms with E-state index in [-0.39, 0.29) is 5.78 Å². The third kappa shape index (κ3) is 3.67. The zero-order chi connectivity index (χ0) is 23.5. The second kappa shape index (κ2) is 9.16. The minimum Gasteiger partial charge on any atom is -0.355 e. The standard InChI is InChI=1S/C27H18N4O.C2H6/c32-27-20-14-8-7-13-19(20)25-24-23(27)21(30-17-9-3-1-4-10-17)15-22(26(24)29-16-28-25)31-18-11-5-2-6-12-18;1-2/h1-16,30-31H;1-2H3. The number of ketones is 1. The Hall–Kier alpha value is -4.51. The molecule has 0 aliphatic heterocycles. The van der Waals surface area contributed by atoms with Crippen molar-refractivity contribution in [2.45, 2.75) is 13.8 Å². The van der Waals surface area contributed by atoms with E-state index in [1.54, 1.807) is 6.33 Å². The summed E-state index contributed by atoms with van der Waals surface area (Å²) in [5.41, 5.74) is 6.94. The van der Waals surface area contributed by atoms with Crippen LogP contribution in [0.5, 0.6) is 0 Å². The summed E-state index contributed by atoms with van der Waals surface area (Å²) in [4.78, 5) is 22.8. The van der Waals surface area contributed by atoms with Crippen molar-refractivity contribution in [2.24, 2.45) is 0 Å². The average Bonchev–Trinajstić information content (AvgIpc) is 2.90. The Morgan fingerprint density at radius 2 is 1.21 bits per heavy atom. The molecule has 0 unspecified atom stereocenters. The van der Waals surface area contributed by atoms with E-state index in [0.29, 0.717) is 11.1 Å². The van der Waals surface area contributed by atoms with Crippen LogP contribution in [0.15, 0.2) is 97.3 Å². The molecule has 0 fully saturated rings. The number of rotatable bonds is 4. The van der Waals surface area contributed by atoms with Crippen LogP contribution in [0, 0.1) is 0 Å². The van der Waals surface area contributed by atoms with Crippen LogP contribution in [-0.2, 0) is 0 Å². The first-order valence-corrected chi connectivity index (χ1v) is 11.4. The summed E-state index contributed by atoms with van der Waals surface area (Å²) in [6, 6.07) is 29.3. The first-order valence-electron chi connectivity index (χ1n) is 11.4. The van der Waals surface area contributed by atoms with Crippen molar-refractivity contribution >= 4 is 39.4 Å². The predicted octanol–water partition coefficient (Wildman–Crippen LogP) is 7.35. The van der Waals surface area contributed by atoms with E-state index in [9.17, 15) is 4.79 Å². The summed E-state index contributed by atoms with van der Waals surface area (Å²) in [7, 11) is 0. The van der Waals surface area contributed by atoms with Gasteiger partial charge in [-0.2, -0.15) is 0 Å². The molecule has 0 saturated carbocycles. The molecule has 5 nitrogen and oxygen atoms in total. The third-order valence-electron chi connectivity index (χ3n) is 5.67. The van der Waals surface area contributed by atoms with Crippen LogP contribution in [0.1, 0.15) is 29.8 Å². The zero-order valence-corrected chi connectivity index (χ0v) is 19.0. The fourth-order valence-electron chi connectivity index (χ4n) is 4.26. The van der Waals surface area contributed by atoms with E-state index in [4.69, 9.17) is 0 Å². The second-order valence-electron chi connectivity index (χ2n) is 7.65. The number of carbonyl (C=O) groups is 1. The van der Waals surface area contributed by atoms with E-state index in [0.717, 1.165) is 44.9 Å². The lowest BCUT2D eigenvalue weighted by Crippen LogP contribution is -2.14. The van der Waals surface area contributed by atoms with E-state index in [2.05, 4.69) is 20.6 Å². The first-order chi connectivity index (χ1) is 16.8. The lowest BCUT2D eigenvalue weighted by molar-refractivity contribution is 0.104. The quantitative estimate of drug-likeness (QED) is 0.297. The molecule has 1 aliphatic carbocycles. The molecule has 5 heteroatoms. The Morgan fingerprint density at radius 3 is 1.85 bits per heavy atom. The number of hydrogen-bond acceptors (Lipinski definition) is 5. The number of aromatic nitrogens is 2. The van der Waals surface area contributed by atoms with Crippen molar-refractivity contribution in [3.63, 3.8) is 0 Å². The summed E-state index contributed by atoms with van der Waals surface area (Å²) in [5.74, 6) is -0.0300. The van der Waals surface area contributed by atoms with Crippen molar-refractivity contribution in [3.05, 3.63) is 108 Å². The van der Waals surface area contributed by atoms with Gasteiger partial charge in [-0.1, -0.05) is 74.5 Å². The van der Waals surface area contributed by atoms with E-state index >= 15 is 0 Å². The number of carbonyl (C=O) groups excluding carboxylic acids is 1. The molecule has 34 heavy (non-hydrogen) atoms. The van der Waals surface area contributed by atoms with Crippen molar-refractivity contribution in [1.82, 2.24) is 9.97 Å². The Labute approximate surface area is 198 Å². The number of fused-ring (bicyclic) bond motifs is 2. The van der Waals surface area contributed by atoms with Crippen molar-refractivity contribution in [1.29, 1.82) is 0 Å². The SMILES string of the molecule is CC.O=C1c2ccccc2-c2ncnc3c(Nc4ccccc4)cc(Nc4ccccc4)c1c23. The van der Waals surface area contributed by atoms with Gasteiger partial charge in [0.1, 0.15) is 6.33 Å². The number of nitrogens with one attached hydrogen (secondary N) is 2. The molecule has 0 amide bonds. The highest BCUT2D eigenvalue weighted by Crippen LogP contribution is 2.44. The van der Waals surface area contributed by atoms with Gasteiger partial charge in [0.15, 0.2) is 5.78 Å². The van der Waals surface area contributed by atoms with E-state index in [1.165, 1.54) is 0 Å². The summed E-state index contributed by atoms with van der Waals surface area (Å²) < 4.78 is 0. The molecule has 166 valence electrons. The molecule has 0 atom stereocenters. The van der Waals surface area contributed by atoms with Crippen molar-refractivity contribution < 1.29 is 4.79 Å². The van der Waals surface area contributed by atoms with Gasteiger partial charge in [-0.05, 0) is 30.3 Å². The maximum Gasteiger partial charge on any atom is 0.196 e. The van der Waals surface area contributed by atoms with Gasteiger partial charge >= 0.3 is 0 Å². The molecule has 0 spiro atoms. The van der Waals surface area contributed by atoms with Crippen LogP contribution >= 0.6 is 0 Å². The van der Waals surface area contributed by atoms with Crippen LogP contribution in [-0.4, -0.2) is 15.8 Å². The maximum atomic E-state index is 13.7. The molecular formula is C29H24N4O. The van der Waals surface area contributed by atoms with Crippen LogP contribution in [0.3, 0.4) is 0 Å². The monoisotopic (exact) mass is 444 g/mol. The van der Waals surface area contributed by atoms with Gasteiger partial charge in [-0.25, -0.2) is 9.97 Å². The Kier molecular flexibility index (Phi) is 5.75. The van der Waals surface area contributed by atoms with Crippen molar-refractivity contribution in [3.8, 4) is 11.3 Å². The third-order valence-corrected chi connectivity index (χ3v) is 5.67. The fourth-order valence-corrected chi connectivity index (χ4v) is 4.26. The summed E-state index contributed by atoms with van der Waals surface area (Å²) >= 11 is 0. The second-order valence-corrected chi connectivity index (χ2v) is 7.65. The molecule has 4 aromatic carbocycles. The van der Waals surface area contributed by atoms with Crippen molar-refractivity contribution in [2.75, 3.05) is 10.6 Å². The lowest BCUT2D eigenvalue weighted by atomic mass is 9.85. The molecule has 1 heterocycles. The van der Waals surface area contributed by atoms with Gasteiger partial charge in [0.05, 0.1) is 28.1 Å². The topological polar surface area (TPSA) is 66.9 Å². The molecule has 1 aromatic heterocycles. The van der Waals surface area contributed by atoms with Crippen LogP contribution in [0.2, 0.25) is 0 Å². The molecule has 6 rings (SSSR count). The molecule has 1 aliphatic rings. The lowest BCUT2D eigenvalue weighted by Gasteiger charge is -2.23. The minimum absolute atomic E-state index is 0.0300. The normalized spacial score (nSPS) is 11.3. The van der Waals surface area contributed by atoms with Crippen LogP contribution in [0.4, 0.5) is 22.7 Å². The number of hydrogen-bond donors (Lipinski definition) is 2. The fraction of sp³-hybridized carbons (Fsp3) is 0.0690. The summed E-state index contributed by atoms with van der Waals surface area (Å²) in [6.45, 7) is 4.00. The highest BCUT2D eigenvalue weighted by molar-refractivity contribution is 6.29. The van der Waals surface area contributed by atoms with Gasteiger partial charge < -0.3 is 10.6 Å². The van der Waals surface area contributed by atoms with E-state index in [1.807, 2.05) is 105 Å². The van der Waals surface area contributed by atoms with Gasteiger partial charge in [0, 0.05) is 27.9 Å². The van der Waals surface area contributed by atoms with Gasteiger partial charge in [-0.3, -0.25) is 4.79 Å². The number of para-hydroxylation sites is 2.